The zero-order chi connectivity index (χ0) is 34.8. The summed E-state index contributed by atoms with van der Waals surface area (Å²) in [5.41, 5.74) is -0.844. The smallest absolute Gasteiger partial charge is 0.408 e. The number of carbonyl (C=O) groups excluding carboxylic acids is 4. The van der Waals surface area contributed by atoms with Gasteiger partial charge in [-0.3, -0.25) is 9.59 Å². The third-order valence-electron chi connectivity index (χ3n) is 8.67. The molecule has 12 nitrogen and oxygen atoms in total. The predicted molar refractivity (Wildman–Crippen MR) is 177 cm³/mol. The fourth-order valence-electron chi connectivity index (χ4n) is 6.27. The predicted octanol–water partition coefficient (Wildman–Crippen LogP) is 5.04. The maximum atomic E-state index is 14.3. The van der Waals surface area contributed by atoms with E-state index in [-0.39, 0.29) is 36.9 Å². The zero-order valence-electron chi connectivity index (χ0n) is 27.9. The van der Waals surface area contributed by atoms with E-state index in [1.807, 2.05) is 12.2 Å². The second kappa shape index (κ2) is 14.4. The zero-order valence-corrected chi connectivity index (χ0v) is 29.5. The Morgan fingerprint density at radius 3 is 2.69 bits per heavy atom. The Labute approximate surface area is 287 Å². The molecule has 1 aliphatic carbocycles. The Balaban J connectivity index is 1.46. The van der Waals surface area contributed by atoms with E-state index >= 15 is 0 Å². The van der Waals surface area contributed by atoms with E-state index in [1.165, 1.54) is 17.0 Å². The lowest BCUT2D eigenvalue weighted by atomic mass is 10.0. The molecule has 1 aromatic heterocycles. The van der Waals surface area contributed by atoms with Gasteiger partial charge >= 0.3 is 12.1 Å². The number of nitrogens with zero attached hydrogens (tertiary/aromatic N) is 3. The molecule has 2 aromatic rings. The number of aryl methyl sites for hydroxylation is 1. The van der Waals surface area contributed by atoms with Gasteiger partial charge in [-0.1, -0.05) is 25.0 Å². The van der Waals surface area contributed by atoms with Crippen molar-refractivity contribution in [3.05, 3.63) is 40.3 Å². The summed E-state index contributed by atoms with van der Waals surface area (Å²) >= 11 is 3.32. The molecule has 2 fully saturated rings. The number of halogens is 2. The number of rotatable bonds is 5. The minimum absolute atomic E-state index is 0.00877. The van der Waals surface area contributed by atoms with Crippen LogP contribution in [0.2, 0.25) is 0 Å². The molecule has 0 bridgehead atoms. The molecule has 48 heavy (non-hydrogen) atoms. The molecule has 0 radical (unpaired) electrons. The van der Waals surface area contributed by atoms with Crippen molar-refractivity contribution in [1.29, 1.82) is 0 Å². The maximum Gasteiger partial charge on any atom is 0.408 e. The maximum absolute atomic E-state index is 14.3. The number of alkyl carbamates (subject to hydrolysis) is 1. The number of benzene rings is 1. The standard InChI is InChI=1S/C34H43BrFN5O7/c1-6-46-31(44)34-17-20(34)12-10-8-7-9-11-13-24(39-32(45)48-33(3,4)5)30(43)41-18-22(16-26(41)28(42)40-34)47-29-19(2)37-27-23(35)14-21(36)15-25(27)38-29/h10,12,14-15,20,22,24,26H,6-9,11,13,16-18H2,1-5H3,(H,39,45)(H,40,42)/t20-,22-,24+,26+,34-/m1/s1. The van der Waals surface area contributed by atoms with E-state index in [0.717, 1.165) is 19.3 Å². The third kappa shape index (κ3) is 8.07. The molecule has 1 saturated heterocycles. The van der Waals surface area contributed by atoms with E-state index < -0.39 is 59.0 Å². The number of nitrogens with one attached hydrogen (secondary N) is 2. The molecule has 1 saturated carbocycles. The van der Waals surface area contributed by atoms with E-state index in [0.29, 0.717) is 34.9 Å². The van der Waals surface area contributed by atoms with Crippen LogP contribution in [-0.4, -0.2) is 81.2 Å². The van der Waals surface area contributed by atoms with Crippen LogP contribution in [0, 0.1) is 18.7 Å². The van der Waals surface area contributed by atoms with Crippen LogP contribution in [0.15, 0.2) is 28.8 Å². The molecule has 3 heterocycles. The highest BCUT2D eigenvalue weighted by Crippen LogP contribution is 2.46. The lowest BCUT2D eigenvalue weighted by Crippen LogP contribution is -2.56. The van der Waals surface area contributed by atoms with Crippen LogP contribution in [0.25, 0.3) is 11.0 Å². The fraction of sp³-hybridized carbons (Fsp3) is 0.588. The lowest BCUT2D eigenvalue weighted by Gasteiger charge is -2.30. The number of fused-ring (bicyclic) bond motifs is 3. The quantitative estimate of drug-likeness (QED) is 0.319. The van der Waals surface area contributed by atoms with Gasteiger partial charge in [0, 0.05) is 22.9 Å². The largest absolute Gasteiger partial charge is 0.471 e. The molecule has 1 aromatic carbocycles. The summed E-state index contributed by atoms with van der Waals surface area (Å²) in [6.07, 6.45) is 6.40. The van der Waals surface area contributed by atoms with Crippen molar-refractivity contribution in [2.75, 3.05) is 13.2 Å². The van der Waals surface area contributed by atoms with Crippen LogP contribution < -0.4 is 15.4 Å². The lowest BCUT2D eigenvalue weighted by molar-refractivity contribution is -0.150. The average molecular weight is 733 g/mol. The Kier molecular flexibility index (Phi) is 10.6. The molecule has 2 N–H and O–H groups in total. The third-order valence-corrected chi connectivity index (χ3v) is 9.27. The van der Waals surface area contributed by atoms with Gasteiger partial charge in [0.1, 0.15) is 46.4 Å². The number of carbonyl (C=O) groups is 4. The Bertz CT molecular complexity index is 1610. The van der Waals surface area contributed by atoms with Gasteiger partial charge < -0.3 is 29.7 Å². The van der Waals surface area contributed by atoms with E-state index in [4.69, 9.17) is 14.2 Å². The van der Waals surface area contributed by atoms with Gasteiger partial charge in [0.05, 0.1) is 18.7 Å². The molecule has 3 amide bonds. The molecule has 5 atom stereocenters. The first kappa shape index (κ1) is 35.5. The first-order chi connectivity index (χ1) is 22.7. The summed E-state index contributed by atoms with van der Waals surface area (Å²) in [5.74, 6) is -2.12. The van der Waals surface area contributed by atoms with Gasteiger partial charge in [0.2, 0.25) is 17.7 Å². The van der Waals surface area contributed by atoms with Crippen molar-refractivity contribution in [3.8, 4) is 5.88 Å². The van der Waals surface area contributed by atoms with Crippen LogP contribution >= 0.6 is 15.9 Å². The van der Waals surface area contributed by atoms with Gasteiger partial charge in [0.25, 0.3) is 0 Å². The van der Waals surface area contributed by atoms with Crippen LogP contribution in [0.1, 0.15) is 78.3 Å². The topological polar surface area (TPSA) is 149 Å². The van der Waals surface area contributed by atoms with Crippen molar-refractivity contribution in [3.63, 3.8) is 0 Å². The summed E-state index contributed by atoms with van der Waals surface area (Å²) < 4.78 is 31.7. The van der Waals surface area contributed by atoms with Crippen LogP contribution in [0.4, 0.5) is 9.18 Å². The summed E-state index contributed by atoms with van der Waals surface area (Å²) in [4.78, 5) is 64.8. The first-order valence-corrected chi connectivity index (χ1v) is 17.3. The van der Waals surface area contributed by atoms with Gasteiger partial charge in [-0.05, 0) is 82.3 Å². The SMILES string of the molecule is CCOC(=O)[C@@]12C[C@H]1C=CCCCCC[C@H](NC(=O)OC(C)(C)C)C(=O)N1C[C@H](Oc3nc4cc(F)cc(Br)c4nc3C)C[C@H]1C(=O)N2. The summed E-state index contributed by atoms with van der Waals surface area (Å²) in [7, 11) is 0. The Hall–Kier alpha value is -3.81. The molecule has 0 spiro atoms. The highest BCUT2D eigenvalue weighted by Gasteiger charge is 2.62. The Morgan fingerprint density at radius 2 is 1.96 bits per heavy atom. The van der Waals surface area contributed by atoms with Crippen molar-refractivity contribution < 1.29 is 37.8 Å². The van der Waals surface area contributed by atoms with Gasteiger partial charge in [0.15, 0.2) is 0 Å². The second-order valence-electron chi connectivity index (χ2n) is 13.6. The fourth-order valence-corrected chi connectivity index (χ4v) is 6.78. The average Bonchev–Trinajstić information content (AvgIpc) is 3.52. The number of esters is 1. The minimum atomic E-state index is -1.23. The normalized spacial score (nSPS) is 26.4. The molecular formula is C34H43BrFN5O7. The number of ether oxygens (including phenoxy) is 3. The van der Waals surface area contributed by atoms with E-state index in [2.05, 4.69) is 36.5 Å². The molecule has 260 valence electrons. The minimum Gasteiger partial charge on any atom is -0.471 e. The van der Waals surface area contributed by atoms with Crippen LogP contribution in [-0.2, 0) is 23.9 Å². The molecule has 2 aliphatic heterocycles. The van der Waals surface area contributed by atoms with E-state index in [9.17, 15) is 23.6 Å². The highest BCUT2D eigenvalue weighted by molar-refractivity contribution is 9.10. The molecular weight excluding hydrogens is 689 g/mol. The van der Waals surface area contributed by atoms with E-state index in [1.54, 1.807) is 34.6 Å². The van der Waals surface area contributed by atoms with Crippen LogP contribution in [0.3, 0.4) is 0 Å². The van der Waals surface area contributed by atoms with Crippen LogP contribution in [0.5, 0.6) is 5.88 Å². The molecule has 5 rings (SSSR count). The van der Waals surface area contributed by atoms with Gasteiger partial charge in [-0.15, -0.1) is 0 Å². The monoisotopic (exact) mass is 731 g/mol. The molecule has 3 aliphatic rings. The number of amides is 3. The van der Waals surface area contributed by atoms with Crippen molar-refractivity contribution >= 4 is 50.8 Å². The first-order valence-electron chi connectivity index (χ1n) is 16.5. The summed E-state index contributed by atoms with van der Waals surface area (Å²) in [6, 6.07) is 0.545. The van der Waals surface area contributed by atoms with Crippen molar-refractivity contribution in [2.45, 2.75) is 109 Å². The molecule has 0 unspecified atom stereocenters. The Morgan fingerprint density at radius 1 is 1.19 bits per heavy atom. The number of hydrogen-bond donors (Lipinski definition) is 2. The van der Waals surface area contributed by atoms with Crippen molar-refractivity contribution in [1.82, 2.24) is 25.5 Å². The second-order valence-corrected chi connectivity index (χ2v) is 14.5. The molecule has 14 heteroatoms. The van der Waals surface area contributed by atoms with Gasteiger partial charge in [-0.2, -0.15) is 0 Å². The summed E-state index contributed by atoms with van der Waals surface area (Å²) in [5, 5.41) is 5.67. The number of aromatic nitrogens is 2. The summed E-state index contributed by atoms with van der Waals surface area (Å²) in [6.45, 7) is 8.75. The van der Waals surface area contributed by atoms with Crippen molar-refractivity contribution in [2.24, 2.45) is 5.92 Å². The highest BCUT2D eigenvalue weighted by atomic mass is 79.9. The number of allylic oxidation sites excluding steroid dienone is 1. The number of hydrogen-bond acceptors (Lipinski definition) is 9. The van der Waals surface area contributed by atoms with Gasteiger partial charge in [-0.25, -0.2) is 23.9 Å².